The molecule has 0 aliphatic carbocycles. The zero-order valence-corrected chi connectivity index (χ0v) is 14.3. The van der Waals surface area contributed by atoms with E-state index in [1.54, 1.807) is 26.0 Å². The van der Waals surface area contributed by atoms with Gasteiger partial charge in [-0.3, -0.25) is 9.79 Å². The summed E-state index contributed by atoms with van der Waals surface area (Å²) < 4.78 is 0. The van der Waals surface area contributed by atoms with E-state index >= 15 is 0 Å². The first kappa shape index (κ1) is 18.0. The van der Waals surface area contributed by atoms with Crippen LogP contribution >= 0.6 is 0 Å². The minimum absolute atomic E-state index is 0.107. The molecular formula is C17H28N4O. The molecule has 1 aromatic carbocycles. The Morgan fingerprint density at radius 3 is 2.41 bits per heavy atom. The smallest absolute Gasteiger partial charge is 0.223 e. The third kappa shape index (κ3) is 6.16. The molecule has 0 aliphatic rings. The molecule has 0 aromatic heterocycles. The lowest BCUT2D eigenvalue weighted by Gasteiger charge is -2.17. The van der Waals surface area contributed by atoms with Crippen LogP contribution in [-0.2, 0) is 4.79 Å². The van der Waals surface area contributed by atoms with E-state index in [9.17, 15) is 4.79 Å². The third-order valence-corrected chi connectivity index (χ3v) is 3.58. The molecule has 0 radical (unpaired) electrons. The Morgan fingerprint density at radius 1 is 1.23 bits per heavy atom. The molecular weight excluding hydrogens is 276 g/mol. The molecule has 0 spiro atoms. The van der Waals surface area contributed by atoms with E-state index in [1.807, 2.05) is 0 Å². The largest absolute Gasteiger partial charge is 0.356 e. The Balaban J connectivity index is 2.37. The first-order valence-corrected chi connectivity index (χ1v) is 7.65. The number of hydrogen-bond donors (Lipinski definition) is 2. The summed E-state index contributed by atoms with van der Waals surface area (Å²) >= 11 is 0. The fourth-order valence-corrected chi connectivity index (χ4v) is 1.99. The molecule has 0 fully saturated rings. The van der Waals surface area contributed by atoms with Gasteiger partial charge in [-0.05, 0) is 18.4 Å². The van der Waals surface area contributed by atoms with E-state index in [1.165, 1.54) is 11.1 Å². The lowest BCUT2D eigenvalue weighted by atomic mass is 10.0. The third-order valence-electron chi connectivity index (χ3n) is 3.58. The number of nitrogens with zero attached hydrogens (tertiary/aromatic N) is 2. The van der Waals surface area contributed by atoms with Crippen LogP contribution in [0.2, 0.25) is 0 Å². The number of amides is 1. The molecule has 0 saturated carbocycles. The Kier molecular flexibility index (Phi) is 7.43. The molecule has 5 heteroatoms. The van der Waals surface area contributed by atoms with Gasteiger partial charge in [0.15, 0.2) is 5.96 Å². The molecule has 122 valence electrons. The van der Waals surface area contributed by atoms with Gasteiger partial charge in [0.2, 0.25) is 5.91 Å². The van der Waals surface area contributed by atoms with Crippen molar-refractivity contribution < 1.29 is 4.79 Å². The number of rotatable bonds is 6. The molecule has 5 nitrogen and oxygen atoms in total. The van der Waals surface area contributed by atoms with Crippen molar-refractivity contribution in [3.8, 4) is 0 Å². The van der Waals surface area contributed by atoms with Gasteiger partial charge in [-0.15, -0.1) is 0 Å². The van der Waals surface area contributed by atoms with E-state index in [2.05, 4.69) is 53.7 Å². The summed E-state index contributed by atoms with van der Waals surface area (Å²) in [6.45, 7) is 5.65. The maximum absolute atomic E-state index is 11.5. The second-order valence-electron chi connectivity index (χ2n) is 5.73. The van der Waals surface area contributed by atoms with Crippen LogP contribution in [0.3, 0.4) is 0 Å². The highest BCUT2D eigenvalue weighted by Gasteiger charge is 2.07. The standard InChI is InChI=1S/C17H28N4O/c1-13-6-8-15(9-7-13)14(2)12-20-17(18-3)19-11-10-16(22)21(4)5/h6-9,14H,10-12H2,1-5H3,(H2,18,19,20). The predicted octanol–water partition coefficient (Wildman–Crippen LogP) is 1.74. The van der Waals surface area contributed by atoms with Gasteiger partial charge >= 0.3 is 0 Å². The monoisotopic (exact) mass is 304 g/mol. The van der Waals surface area contributed by atoms with E-state index in [0.717, 1.165) is 12.5 Å². The first-order valence-electron chi connectivity index (χ1n) is 7.65. The van der Waals surface area contributed by atoms with Crippen LogP contribution < -0.4 is 10.6 Å². The van der Waals surface area contributed by atoms with Crippen LogP contribution in [0.25, 0.3) is 0 Å². The highest BCUT2D eigenvalue weighted by molar-refractivity contribution is 5.81. The first-order chi connectivity index (χ1) is 10.4. The number of guanidine groups is 1. The van der Waals surface area contributed by atoms with Crippen LogP contribution in [0.1, 0.15) is 30.4 Å². The predicted molar refractivity (Wildman–Crippen MR) is 92.3 cm³/mol. The summed E-state index contributed by atoms with van der Waals surface area (Å²) in [5.41, 5.74) is 2.57. The Bertz CT molecular complexity index is 494. The quantitative estimate of drug-likeness (QED) is 0.622. The minimum atomic E-state index is 0.107. The summed E-state index contributed by atoms with van der Waals surface area (Å²) in [5, 5.41) is 6.46. The van der Waals surface area contributed by atoms with Gasteiger partial charge in [0.25, 0.3) is 0 Å². The number of carbonyl (C=O) groups is 1. The SMILES string of the molecule is CN=C(NCCC(=O)N(C)C)NCC(C)c1ccc(C)cc1. The highest BCUT2D eigenvalue weighted by atomic mass is 16.2. The minimum Gasteiger partial charge on any atom is -0.356 e. The van der Waals surface area contributed by atoms with E-state index in [4.69, 9.17) is 0 Å². The van der Waals surface area contributed by atoms with E-state index < -0.39 is 0 Å². The number of nitrogens with one attached hydrogen (secondary N) is 2. The van der Waals surface area contributed by atoms with Crippen LogP contribution in [0.5, 0.6) is 0 Å². The Hall–Kier alpha value is -2.04. The summed E-state index contributed by atoms with van der Waals surface area (Å²) in [6, 6.07) is 8.58. The van der Waals surface area contributed by atoms with Crippen LogP contribution in [0.4, 0.5) is 0 Å². The van der Waals surface area contributed by atoms with Crippen molar-refractivity contribution in [1.82, 2.24) is 15.5 Å². The zero-order valence-electron chi connectivity index (χ0n) is 14.3. The van der Waals surface area contributed by atoms with Crippen molar-refractivity contribution in [3.05, 3.63) is 35.4 Å². The summed E-state index contributed by atoms with van der Waals surface area (Å²) in [5.74, 6) is 1.23. The lowest BCUT2D eigenvalue weighted by Crippen LogP contribution is -2.40. The van der Waals surface area contributed by atoms with Gasteiger partial charge in [0, 0.05) is 40.7 Å². The van der Waals surface area contributed by atoms with Crippen LogP contribution in [0, 0.1) is 6.92 Å². The van der Waals surface area contributed by atoms with Crippen molar-refractivity contribution in [2.45, 2.75) is 26.2 Å². The zero-order chi connectivity index (χ0) is 16.5. The molecule has 1 aromatic rings. The summed E-state index contributed by atoms with van der Waals surface area (Å²) in [7, 11) is 5.26. The number of benzene rings is 1. The summed E-state index contributed by atoms with van der Waals surface area (Å²) in [6.07, 6.45) is 0.460. The van der Waals surface area contributed by atoms with Crippen molar-refractivity contribution >= 4 is 11.9 Å². The Labute approximate surface area is 133 Å². The maximum atomic E-state index is 11.5. The molecule has 0 heterocycles. The van der Waals surface area contributed by atoms with Crippen molar-refractivity contribution in [1.29, 1.82) is 0 Å². The topological polar surface area (TPSA) is 56.7 Å². The molecule has 1 amide bonds. The Morgan fingerprint density at radius 2 is 1.86 bits per heavy atom. The van der Waals surface area contributed by atoms with Crippen LogP contribution in [-0.4, -0.2) is 51.0 Å². The average molecular weight is 304 g/mol. The molecule has 0 aliphatic heterocycles. The van der Waals surface area contributed by atoms with Gasteiger partial charge in [-0.2, -0.15) is 0 Å². The van der Waals surface area contributed by atoms with Gasteiger partial charge in [0.1, 0.15) is 0 Å². The van der Waals surface area contributed by atoms with Gasteiger partial charge in [-0.1, -0.05) is 36.8 Å². The maximum Gasteiger partial charge on any atom is 0.223 e. The number of hydrogen-bond acceptors (Lipinski definition) is 2. The van der Waals surface area contributed by atoms with Gasteiger partial charge in [-0.25, -0.2) is 0 Å². The fourth-order valence-electron chi connectivity index (χ4n) is 1.99. The normalized spacial score (nSPS) is 12.7. The second kappa shape index (κ2) is 9.07. The molecule has 1 unspecified atom stereocenters. The van der Waals surface area contributed by atoms with E-state index in [-0.39, 0.29) is 5.91 Å². The highest BCUT2D eigenvalue weighted by Crippen LogP contribution is 2.14. The molecule has 0 saturated heterocycles. The van der Waals surface area contributed by atoms with Gasteiger partial charge < -0.3 is 15.5 Å². The molecule has 1 atom stereocenters. The number of aliphatic imine (C=N–C) groups is 1. The number of carbonyl (C=O) groups excluding carboxylic acids is 1. The van der Waals surface area contributed by atoms with Gasteiger partial charge in [0.05, 0.1) is 0 Å². The average Bonchev–Trinajstić information content (AvgIpc) is 2.50. The second-order valence-corrected chi connectivity index (χ2v) is 5.73. The summed E-state index contributed by atoms with van der Waals surface area (Å²) in [4.78, 5) is 17.3. The fraction of sp³-hybridized carbons (Fsp3) is 0.529. The molecule has 1 rings (SSSR count). The lowest BCUT2D eigenvalue weighted by molar-refractivity contribution is -0.128. The number of aryl methyl sites for hydroxylation is 1. The van der Waals surface area contributed by atoms with Crippen LogP contribution in [0.15, 0.2) is 29.3 Å². The van der Waals surface area contributed by atoms with E-state index in [0.29, 0.717) is 18.9 Å². The van der Waals surface area contributed by atoms with Crippen molar-refractivity contribution in [3.63, 3.8) is 0 Å². The van der Waals surface area contributed by atoms with Crippen molar-refractivity contribution in [2.24, 2.45) is 4.99 Å². The van der Waals surface area contributed by atoms with Crippen molar-refractivity contribution in [2.75, 3.05) is 34.2 Å². The molecule has 0 bridgehead atoms. The molecule has 2 N–H and O–H groups in total. The molecule has 22 heavy (non-hydrogen) atoms.